The molecule has 0 aliphatic rings. The zero-order chi connectivity index (χ0) is 23.7. The highest BCUT2D eigenvalue weighted by Crippen LogP contribution is 2.31. The molecule has 4 nitrogen and oxygen atoms in total. The number of methoxy groups -OCH3 is 2. The van der Waals surface area contributed by atoms with Crippen LogP contribution in [0.5, 0.6) is 11.5 Å². The molecule has 4 heteroatoms. The lowest BCUT2D eigenvalue weighted by Crippen LogP contribution is -2.42. The van der Waals surface area contributed by atoms with Crippen LogP contribution in [0.4, 0.5) is 0 Å². The summed E-state index contributed by atoms with van der Waals surface area (Å²) in [6, 6.07) is 15.6. The minimum Gasteiger partial charge on any atom is -0.496 e. The Kier molecular flexibility index (Phi) is 10.5. The van der Waals surface area contributed by atoms with E-state index in [4.69, 9.17) is 9.47 Å². The van der Waals surface area contributed by atoms with Crippen LogP contribution in [0.1, 0.15) is 50.8 Å². The van der Waals surface area contributed by atoms with E-state index in [0.717, 1.165) is 49.5 Å². The molecule has 0 amide bonds. The van der Waals surface area contributed by atoms with Crippen LogP contribution in [0.25, 0.3) is 0 Å². The van der Waals surface area contributed by atoms with Crippen LogP contribution >= 0.6 is 0 Å². The molecule has 1 atom stereocenters. The first-order chi connectivity index (χ1) is 15.2. The third kappa shape index (κ3) is 8.14. The quantitative estimate of drug-likeness (QED) is 0.388. The number of likely N-dealkylation sites (N-methyl/N-ethyl adjacent to an activating group) is 1. The monoisotopic (exact) mass is 440 g/mol. The first-order valence-corrected chi connectivity index (χ1v) is 11.9. The average Bonchev–Trinajstić information content (AvgIpc) is 2.72. The zero-order valence-corrected chi connectivity index (χ0v) is 21.5. The van der Waals surface area contributed by atoms with Gasteiger partial charge in [-0.15, -0.1) is 0 Å². The highest BCUT2D eigenvalue weighted by molar-refractivity contribution is 5.44. The third-order valence-corrected chi connectivity index (χ3v) is 5.75. The molecule has 0 unspecified atom stereocenters. The summed E-state index contributed by atoms with van der Waals surface area (Å²) in [7, 11) is 7.81. The van der Waals surface area contributed by atoms with Gasteiger partial charge in [0.25, 0.3) is 0 Å². The summed E-state index contributed by atoms with van der Waals surface area (Å²) < 4.78 is 11.5. The van der Waals surface area contributed by atoms with Crippen molar-refractivity contribution in [2.24, 2.45) is 11.8 Å². The predicted octanol–water partition coefficient (Wildman–Crippen LogP) is 5.88. The second-order valence-electron chi connectivity index (χ2n) is 10.0. The van der Waals surface area contributed by atoms with E-state index in [1.807, 2.05) is 18.2 Å². The molecule has 0 aliphatic heterocycles. The topological polar surface area (TPSA) is 24.9 Å². The third-order valence-electron chi connectivity index (χ3n) is 5.75. The Labute approximate surface area is 196 Å². The van der Waals surface area contributed by atoms with E-state index >= 15 is 0 Å². The van der Waals surface area contributed by atoms with Gasteiger partial charge in [0.2, 0.25) is 0 Å². The Morgan fingerprint density at radius 2 is 1.38 bits per heavy atom. The van der Waals surface area contributed by atoms with Crippen LogP contribution in [-0.2, 0) is 19.5 Å². The summed E-state index contributed by atoms with van der Waals surface area (Å²) >= 11 is 0. The fourth-order valence-corrected chi connectivity index (χ4v) is 4.47. The van der Waals surface area contributed by atoms with Crippen molar-refractivity contribution in [3.05, 3.63) is 59.2 Å². The number of rotatable bonds is 13. The lowest BCUT2D eigenvalue weighted by molar-refractivity contribution is 0.125. The van der Waals surface area contributed by atoms with Gasteiger partial charge in [0.05, 0.1) is 19.8 Å². The van der Waals surface area contributed by atoms with Gasteiger partial charge >= 0.3 is 0 Å². The number of nitrogens with zero attached hydrogens (tertiary/aromatic N) is 2. The van der Waals surface area contributed by atoms with Gasteiger partial charge in [0.1, 0.15) is 11.5 Å². The molecule has 178 valence electrons. The maximum atomic E-state index is 5.73. The van der Waals surface area contributed by atoms with Gasteiger partial charge in [-0.1, -0.05) is 58.0 Å². The summed E-state index contributed by atoms with van der Waals surface area (Å²) in [6.45, 7) is 11.9. The van der Waals surface area contributed by atoms with Crippen molar-refractivity contribution in [2.75, 3.05) is 34.9 Å². The number of ether oxygens (including phenoxy) is 2. The van der Waals surface area contributed by atoms with Crippen molar-refractivity contribution >= 4 is 0 Å². The van der Waals surface area contributed by atoms with Gasteiger partial charge in [-0.25, -0.2) is 0 Å². The summed E-state index contributed by atoms with van der Waals surface area (Å²) in [6.07, 6.45) is 2.25. The molecule has 0 bridgehead atoms. The van der Waals surface area contributed by atoms with Crippen molar-refractivity contribution in [3.8, 4) is 11.5 Å². The van der Waals surface area contributed by atoms with Gasteiger partial charge < -0.3 is 14.4 Å². The molecule has 0 fully saturated rings. The molecule has 2 rings (SSSR count). The smallest absolute Gasteiger partial charge is 0.127 e. The Morgan fingerprint density at radius 1 is 0.781 bits per heavy atom. The molecule has 32 heavy (non-hydrogen) atoms. The Morgan fingerprint density at radius 3 is 1.91 bits per heavy atom. The van der Waals surface area contributed by atoms with E-state index in [-0.39, 0.29) is 0 Å². The molecule has 0 spiro atoms. The van der Waals surface area contributed by atoms with E-state index in [9.17, 15) is 0 Å². The van der Waals surface area contributed by atoms with Crippen LogP contribution < -0.4 is 9.47 Å². The summed E-state index contributed by atoms with van der Waals surface area (Å²) in [5.41, 5.74) is 3.90. The van der Waals surface area contributed by atoms with Crippen LogP contribution in [0.15, 0.2) is 42.5 Å². The molecule has 0 N–H and O–H groups in total. The Bertz CT molecular complexity index is 785. The minimum atomic E-state index is 0.424. The van der Waals surface area contributed by atoms with Crippen molar-refractivity contribution < 1.29 is 9.47 Å². The van der Waals surface area contributed by atoms with E-state index < -0.39 is 0 Å². The highest BCUT2D eigenvalue weighted by Gasteiger charge is 2.24. The van der Waals surface area contributed by atoms with Crippen molar-refractivity contribution in [1.29, 1.82) is 0 Å². The normalized spacial score (nSPS) is 12.8. The lowest BCUT2D eigenvalue weighted by atomic mass is 9.98. The standard InChI is InChI=1S/C28H44N2O2/c1-21(2)15-23-11-9-12-24(17-23)18-30(25(16-22(3)4)19-29(5)6)20-26-27(31-7)13-10-14-28(26)32-8/h9-14,17,21-22,25H,15-16,18-20H2,1-8H3/t25-/m0/s1. The molecule has 0 aromatic heterocycles. The average molecular weight is 441 g/mol. The predicted molar refractivity (Wildman–Crippen MR) is 136 cm³/mol. The van der Waals surface area contributed by atoms with E-state index in [1.54, 1.807) is 14.2 Å². The molecule has 0 aliphatic carbocycles. The number of hydrogen-bond donors (Lipinski definition) is 0. The molecular formula is C28H44N2O2. The Balaban J connectivity index is 2.43. The molecule has 0 radical (unpaired) electrons. The van der Waals surface area contributed by atoms with Crippen molar-refractivity contribution in [3.63, 3.8) is 0 Å². The lowest BCUT2D eigenvalue weighted by Gasteiger charge is -2.35. The molecular weight excluding hydrogens is 396 g/mol. The van der Waals surface area contributed by atoms with Crippen molar-refractivity contribution in [2.45, 2.75) is 59.7 Å². The van der Waals surface area contributed by atoms with Gasteiger partial charge in [0.15, 0.2) is 0 Å². The first-order valence-electron chi connectivity index (χ1n) is 11.9. The van der Waals surface area contributed by atoms with E-state index in [1.165, 1.54) is 11.1 Å². The molecule has 2 aromatic carbocycles. The largest absolute Gasteiger partial charge is 0.496 e. The van der Waals surface area contributed by atoms with Crippen LogP contribution in [0.2, 0.25) is 0 Å². The zero-order valence-electron chi connectivity index (χ0n) is 21.5. The molecule has 0 saturated heterocycles. The Hall–Kier alpha value is -2.04. The second kappa shape index (κ2) is 12.9. The fraction of sp³-hybridized carbons (Fsp3) is 0.571. The van der Waals surface area contributed by atoms with Gasteiger partial charge in [-0.3, -0.25) is 4.90 Å². The number of benzene rings is 2. The fourth-order valence-electron chi connectivity index (χ4n) is 4.47. The summed E-state index contributed by atoms with van der Waals surface area (Å²) in [5.74, 6) is 3.04. The summed E-state index contributed by atoms with van der Waals surface area (Å²) in [4.78, 5) is 4.91. The van der Waals surface area contributed by atoms with Crippen LogP contribution in [-0.4, -0.2) is 50.7 Å². The van der Waals surface area contributed by atoms with Gasteiger partial charge in [-0.2, -0.15) is 0 Å². The molecule has 0 heterocycles. The van der Waals surface area contributed by atoms with Crippen LogP contribution in [0, 0.1) is 11.8 Å². The van der Waals surface area contributed by atoms with E-state index in [0.29, 0.717) is 17.9 Å². The highest BCUT2D eigenvalue weighted by atomic mass is 16.5. The van der Waals surface area contributed by atoms with Gasteiger partial charge in [0, 0.05) is 25.7 Å². The first kappa shape index (κ1) is 26.2. The van der Waals surface area contributed by atoms with Gasteiger partial charge in [-0.05, 0) is 62.0 Å². The van der Waals surface area contributed by atoms with Crippen LogP contribution in [0.3, 0.4) is 0 Å². The number of hydrogen-bond acceptors (Lipinski definition) is 4. The molecule has 2 aromatic rings. The summed E-state index contributed by atoms with van der Waals surface area (Å²) in [5, 5.41) is 0. The molecule has 0 saturated carbocycles. The van der Waals surface area contributed by atoms with Crippen molar-refractivity contribution in [1.82, 2.24) is 9.80 Å². The second-order valence-corrected chi connectivity index (χ2v) is 10.0. The maximum Gasteiger partial charge on any atom is 0.127 e. The van der Waals surface area contributed by atoms with E-state index in [2.05, 4.69) is 75.9 Å². The minimum absolute atomic E-state index is 0.424. The SMILES string of the molecule is COc1cccc(OC)c1CN(Cc1cccc(CC(C)C)c1)[C@@H](CC(C)C)CN(C)C. The maximum absolute atomic E-state index is 5.73.